The van der Waals surface area contributed by atoms with Crippen LogP contribution in [0.2, 0.25) is 0 Å². The summed E-state index contributed by atoms with van der Waals surface area (Å²) in [6.45, 7) is 0.799. The minimum absolute atomic E-state index is 0.0216. The summed E-state index contributed by atoms with van der Waals surface area (Å²) < 4.78 is 0. The quantitative estimate of drug-likeness (QED) is 0.827. The lowest BCUT2D eigenvalue weighted by molar-refractivity contribution is -0.135. The minimum atomic E-state index is -0.324. The van der Waals surface area contributed by atoms with Crippen LogP contribution in [0.3, 0.4) is 0 Å². The van der Waals surface area contributed by atoms with Gasteiger partial charge in [-0.25, -0.2) is 0 Å². The number of hydrogen-bond acceptors (Lipinski definition) is 3. The van der Waals surface area contributed by atoms with E-state index in [-0.39, 0.29) is 23.8 Å². The van der Waals surface area contributed by atoms with Crippen molar-refractivity contribution in [3.8, 4) is 0 Å². The van der Waals surface area contributed by atoms with E-state index in [9.17, 15) is 9.90 Å². The van der Waals surface area contributed by atoms with E-state index < -0.39 is 0 Å². The second kappa shape index (κ2) is 6.96. The Hall–Kier alpha value is -1.00. The fourth-order valence-electron chi connectivity index (χ4n) is 2.60. The first-order chi connectivity index (χ1) is 9.22. The zero-order chi connectivity index (χ0) is 13.7. The number of piperidine rings is 1. The highest BCUT2D eigenvalue weighted by Crippen LogP contribution is 2.20. The number of amides is 1. The van der Waals surface area contributed by atoms with Gasteiger partial charge in [0, 0.05) is 6.54 Å². The molecule has 0 aliphatic carbocycles. The Morgan fingerprint density at radius 3 is 2.79 bits per heavy atom. The van der Waals surface area contributed by atoms with E-state index in [1.807, 2.05) is 35.2 Å². The third kappa shape index (κ3) is 3.74. The molecule has 0 spiro atoms. The molecular weight excluding hydrogens is 258 g/mol. The molecule has 1 heterocycles. The number of aliphatic hydroxyl groups is 1. The SMILES string of the molecule is O=C(C(S)Cc1ccccc1)N1CCCCC1CO. The van der Waals surface area contributed by atoms with Gasteiger partial charge in [-0.2, -0.15) is 12.6 Å². The topological polar surface area (TPSA) is 40.5 Å². The van der Waals surface area contributed by atoms with Gasteiger partial charge in [0.15, 0.2) is 0 Å². The van der Waals surface area contributed by atoms with Crippen LogP contribution in [0.1, 0.15) is 24.8 Å². The largest absolute Gasteiger partial charge is 0.394 e. The molecule has 3 nitrogen and oxygen atoms in total. The molecule has 104 valence electrons. The highest BCUT2D eigenvalue weighted by molar-refractivity contribution is 7.81. The maximum absolute atomic E-state index is 12.4. The fourth-order valence-corrected chi connectivity index (χ4v) is 2.96. The molecule has 0 bridgehead atoms. The van der Waals surface area contributed by atoms with Gasteiger partial charge < -0.3 is 10.0 Å². The van der Waals surface area contributed by atoms with Crippen LogP contribution in [-0.4, -0.2) is 40.4 Å². The van der Waals surface area contributed by atoms with Crippen molar-refractivity contribution >= 4 is 18.5 Å². The lowest BCUT2D eigenvalue weighted by atomic mass is 10.0. The van der Waals surface area contributed by atoms with Gasteiger partial charge in [0.1, 0.15) is 0 Å². The Morgan fingerprint density at radius 2 is 2.11 bits per heavy atom. The van der Waals surface area contributed by atoms with E-state index in [0.29, 0.717) is 6.42 Å². The van der Waals surface area contributed by atoms with Crippen molar-refractivity contribution < 1.29 is 9.90 Å². The fraction of sp³-hybridized carbons (Fsp3) is 0.533. The number of nitrogens with zero attached hydrogens (tertiary/aromatic N) is 1. The third-order valence-electron chi connectivity index (χ3n) is 3.68. The lowest BCUT2D eigenvalue weighted by Crippen LogP contribution is -2.49. The van der Waals surface area contributed by atoms with Crippen LogP contribution in [0.15, 0.2) is 30.3 Å². The Bertz CT molecular complexity index is 410. The summed E-state index contributed by atoms with van der Waals surface area (Å²) in [5.74, 6) is 0.0472. The van der Waals surface area contributed by atoms with Crippen LogP contribution in [0.25, 0.3) is 0 Å². The molecule has 1 fully saturated rings. The number of aliphatic hydroxyl groups excluding tert-OH is 1. The van der Waals surface area contributed by atoms with E-state index in [2.05, 4.69) is 12.6 Å². The van der Waals surface area contributed by atoms with Crippen LogP contribution in [0.5, 0.6) is 0 Å². The molecule has 2 atom stereocenters. The van der Waals surface area contributed by atoms with Crippen molar-refractivity contribution in [3.63, 3.8) is 0 Å². The summed E-state index contributed by atoms with van der Waals surface area (Å²) in [5.41, 5.74) is 1.12. The summed E-state index contributed by atoms with van der Waals surface area (Å²) in [6.07, 6.45) is 3.64. The van der Waals surface area contributed by atoms with Gasteiger partial charge in [0.2, 0.25) is 5.91 Å². The number of hydrogen-bond donors (Lipinski definition) is 2. The summed E-state index contributed by atoms with van der Waals surface area (Å²) >= 11 is 4.45. The average molecular weight is 279 g/mol. The Balaban J connectivity index is 1.98. The third-order valence-corrected chi connectivity index (χ3v) is 4.08. The molecule has 0 aromatic heterocycles. The number of rotatable bonds is 4. The van der Waals surface area contributed by atoms with E-state index in [4.69, 9.17) is 0 Å². The molecule has 19 heavy (non-hydrogen) atoms. The van der Waals surface area contributed by atoms with E-state index in [1.165, 1.54) is 0 Å². The molecule has 1 N–H and O–H groups in total. The molecule has 1 aliphatic rings. The van der Waals surface area contributed by atoms with Gasteiger partial charge in [-0.1, -0.05) is 30.3 Å². The first-order valence-corrected chi connectivity index (χ1v) is 7.37. The number of carbonyl (C=O) groups is 1. The molecule has 0 radical (unpaired) electrons. The van der Waals surface area contributed by atoms with E-state index in [1.54, 1.807) is 0 Å². The van der Waals surface area contributed by atoms with E-state index in [0.717, 1.165) is 31.4 Å². The van der Waals surface area contributed by atoms with Gasteiger partial charge in [-0.3, -0.25) is 4.79 Å². The average Bonchev–Trinajstić information content (AvgIpc) is 2.47. The van der Waals surface area contributed by atoms with Crippen molar-refractivity contribution in [1.82, 2.24) is 4.90 Å². The number of carbonyl (C=O) groups excluding carboxylic acids is 1. The van der Waals surface area contributed by atoms with E-state index >= 15 is 0 Å². The Labute approximate surface area is 120 Å². The van der Waals surface area contributed by atoms with Crippen LogP contribution >= 0.6 is 12.6 Å². The summed E-state index contributed by atoms with van der Waals surface area (Å²) in [4.78, 5) is 14.2. The smallest absolute Gasteiger partial charge is 0.236 e. The molecule has 1 amide bonds. The number of likely N-dealkylation sites (tertiary alicyclic amines) is 1. The van der Waals surface area contributed by atoms with Crippen molar-refractivity contribution in [1.29, 1.82) is 0 Å². The van der Waals surface area contributed by atoms with Gasteiger partial charge in [-0.05, 0) is 31.2 Å². The summed E-state index contributed by atoms with van der Waals surface area (Å²) in [6, 6.07) is 9.90. The molecule has 1 aromatic rings. The van der Waals surface area contributed by atoms with Gasteiger partial charge >= 0.3 is 0 Å². The van der Waals surface area contributed by atoms with Crippen LogP contribution in [0, 0.1) is 0 Å². The minimum Gasteiger partial charge on any atom is -0.394 e. The molecule has 1 aromatic carbocycles. The molecule has 2 rings (SSSR count). The maximum atomic E-state index is 12.4. The molecule has 4 heteroatoms. The first kappa shape index (κ1) is 14.4. The highest BCUT2D eigenvalue weighted by atomic mass is 32.1. The number of thiol groups is 1. The zero-order valence-electron chi connectivity index (χ0n) is 11.0. The normalized spacial score (nSPS) is 21.2. The zero-order valence-corrected chi connectivity index (χ0v) is 11.9. The van der Waals surface area contributed by atoms with Crippen LogP contribution in [0.4, 0.5) is 0 Å². The molecular formula is C15H21NO2S. The van der Waals surface area contributed by atoms with Gasteiger partial charge in [0.25, 0.3) is 0 Å². The summed E-state index contributed by atoms with van der Waals surface area (Å²) in [7, 11) is 0. The number of benzene rings is 1. The molecule has 1 saturated heterocycles. The van der Waals surface area contributed by atoms with Crippen molar-refractivity contribution in [2.45, 2.75) is 37.0 Å². The Morgan fingerprint density at radius 1 is 1.37 bits per heavy atom. The second-order valence-electron chi connectivity index (χ2n) is 5.07. The van der Waals surface area contributed by atoms with Crippen molar-refractivity contribution in [2.24, 2.45) is 0 Å². The lowest BCUT2D eigenvalue weighted by Gasteiger charge is -2.36. The molecule has 1 aliphatic heterocycles. The highest BCUT2D eigenvalue weighted by Gasteiger charge is 2.29. The van der Waals surface area contributed by atoms with Crippen molar-refractivity contribution in [3.05, 3.63) is 35.9 Å². The van der Waals surface area contributed by atoms with Crippen LogP contribution < -0.4 is 0 Å². The monoisotopic (exact) mass is 279 g/mol. The first-order valence-electron chi connectivity index (χ1n) is 6.85. The van der Waals surface area contributed by atoms with Gasteiger partial charge in [0.05, 0.1) is 17.9 Å². The van der Waals surface area contributed by atoms with Crippen molar-refractivity contribution in [2.75, 3.05) is 13.2 Å². The standard InChI is InChI=1S/C15H21NO2S/c17-11-13-8-4-5-9-16(13)15(18)14(19)10-12-6-2-1-3-7-12/h1-3,6-7,13-14,17,19H,4-5,8-11H2. The second-order valence-corrected chi connectivity index (χ2v) is 5.69. The van der Waals surface area contributed by atoms with Crippen LogP contribution in [-0.2, 0) is 11.2 Å². The van der Waals surface area contributed by atoms with Gasteiger partial charge in [-0.15, -0.1) is 0 Å². The maximum Gasteiger partial charge on any atom is 0.236 e. The molecule has 0 saturated carbocycles. The summed E-state index contributed by atoms with van der Waals surface area (Å²) in [5, 5.41) is 9.04. The molecule has 2 unspecified atom stereocenters. The Kier molecular flexibility index (Phi) is 5.28. The predicted octanol–water partition coefficient (Wildman–Crippen LogP) is 1.90. The predicted molar refractivity (Wildman–Crippen MR) is 79.4 cm³/mol.